The molecule has 0 N–H and O–H groups in total. The van der Waals surface area contributed by atoms with E-state index in [0.29, 0.717) is 35.2 Å². The van der Waals surface area contributed by atoms with E-state index in [4.69, 9.17) is 5.32 Å². The molecule has 0 amide bonds. The maximum Gasteiger partial charge on any atom is 0.573 e. The molecule has 10 heteroatoms. The molecule has 2 fully saturated rings. The first-order chi connectivity index (χ1) is 25.4. The Hall–Kier alpha value is -3.82. The molecule has 0 spiro atoms. The highest BCUT2D eigenvalue weighted by Gasteiger charge is 2.41. The van der Waals surface area contributed by atoms with Crippen LogP contribution in [0.3, 0.4) is 0 Å². The van der Waals surface area contributed by atoms with Gasteiger partial charge in [-0.2, -0.15) is 0 Å². The van der Waals surface area contributed by atoms with Crippen molar-refractivity contribution in [3.63, 3.8) is 0 Å². The van der Waals surface area contributed by atoms with E-state index in [1.54, 1.807) is 12.1 Å². The van der Waals surface area contributed by atoms with Gasteiger partial charge in [-0.25, -0.2) is 0 Å². The lowest BCUT2D eigenvalue weighted by Crippen LogP contribution is -2.28. The lowest BCUT2D eigenvalue weighted by atomic mass is 9.77. The molecule has 2 saturated carbocycles. The normalized spacial score (nSPS) is 19.5. The fourth-order valence-corrected chi connectivity index (χ4v) is 8.34. The maximum absolute atomic E-state index is 13.2. The SMILES string of the molecule is C=C(/C=C/C=C/C=C1/N(CCC2CCCCC2)c2ccc(OC(F)(F)F)cc2C1(C)C)C(C)(C)c1cc(OC(F)(F)F)ccc1[N-]CCC1CCCCC1. The molecule has 54 heavy (non-hydrogen) atoms. The third kappa shape index (κ3) is 10.9. The molecule has 2 aromatic carbocycles. The molecular formula is C44H55F6N2O2-. The van der Waals surface area contributed by atoms with Crippen molar-refractivity contribution < 1.29 is 35.8 Å². The minimum Gasteiger partial charge on any atom is -0.684 e. The lowest BCUT2D eigenvalue weighted by molar-refractivity contribution is -0.275. The number of hydrogen-bond donors (Lipinski definition) is 0. The van der Waals surface area contributed by atoms with Gasteiger partial charge in [-0.15, -0.1) is 38.6 Å². The van der Waals surface area contributed by atoms with Crippen LogP contribution in [0.15, 0.2) is 84.6 Å². The van der Waals surface area contributed by atoms with E-state index in [-0.39, 0.29) is 11.5 Å². The Labute approximate surface area is 317 Å². The van der Waals surface area contributed by atoms with E-state index < -0.39 is 23.6 Å². The van der Waals surface area contributed by atoms with Gasteiger partial charge < -0.3 is 19.7 Å². The fraction of sp³-hybridized carbons (Fsp3) is 0.545. The molecule has 0 bridgehead atoms. The summed E-state index contributed by atoms with van der Waals surface area (Å²) < 4.78 is 87.6. The van der Waals surface area contributed by atoms with Crippen molar-refractivity contribution in [3.8, 4) is 11.5 Å². The van der Waals surface area contributed by atoms with Crippen molar-refractivity contribution in [2.24, 2.45) is 11.8 Å². The third-order valence-corrected chi connectivity index (χ3v) is 11.6. The highest BCUT2D eigenvalue weighted by molar-refractivity contribution is 5.72. The molecule has 0 atom stereocenters. The van der Waals surface area contributed by atoms with Crippen LogP contribution in [0, 0.1) is 11.8 Å². The summed E-state index contributed by atoms with van der Waals surface area (Å²) in [6.45, 7) is 13.5. The van der Waals surface area contributed by atoms with Gasteiger partial charge in [-0.1, -0.05) is 135 Å². The minimum atomic E-state index is -4.82. The molecule has 1 heterocycles. The van der Waals surface area contributed by atoms with E-state index >= 15 is 0 Å². The predicted octanol–water partition coefficient (Wildman–Crippen LogP) is 14.1. The molecule has 0 radical (unpaired) electrons. The predicted molar refractivity (Wildman–Crippen MR) is 205 cm³/mol. The molecule has 2 aromatic rings. The second-order valence-corrected chi connectivity index (χ2v) is 16.1. The number of nitrogens with zero attached hydrogens (tertiary/aromatic N) is 2. The average Bonchev–Trinajstić information content (AvgIpc) is 3.31. The lowest BCUT2D eigenvalue weighted by Gasteiger charge is -2.36. The monoisotopic (exact) mass is 757 g/mol. The van der Waals surface area contributed by atoms with Gasteiger partial charge in [0.15, 0.2) is 0 Å². The summed E-state index contributed by atoms with van der Waals surface area (Å²) in [5, 5.41) is 4.85. The van der Waals surface area contributed by atoms with Crippen molar-refractivity contribution in [3.05, 3.63) is 101 Å². The van der Waals surface area contributed by atoms with Crippen molar-refractivity contribution >= 4 is 11.4 Å². The van der Waals surface area contributed by atoms with Crippen molar-refractivity contribution in [2.45, 2.75) is 128 Å². The molecule has 5 rings (SSSR count). The Kier molecular flexibility index (Phi) is 13.3. The van der Waals surface area contributed by atoms with Crippen LogP contribution in [0.5, 0.6) is 11.5 Å². The molecule has 3 aliphatic rings. The Balaban J connectivity index is 1.34. The maximum atomic E-state index is 13.2. The number of rotatable bonds is 14. The van der Waals surface area contributed by atoms with Crippen LogP contribution in [-0.4, -0.2) is 25.8 Å². The van der Waals surface area contributed by atoms with Gasteiger partial charge in [0.2, 0.25) is 0 Å². The zero-order valence-corrected chi connectivity index (χ0v) is 32.1. The second-order valence-electron chi connectivity index (χ2n) is 16.1. The fourth-order valence-electron chi connectivity index (χ4n) is 8.34. The topological polar surface area (TPSA) is 35.8 Å². The average molecular weight is 758 g/mol. The summed E-state index contributed by atoms with van der Waals surface area (Å²) >= 11 is 0. The zero-order chi connectivity index (χ0) is 39.1. The van der Waals surface area contributed by atoms with E-state index in [0.717, 1.165) is 36.3 Å². The van der Waals surface area contributed by atoms with E-state index in [1.165, 1.54) is 88.5 Å². The van der Waals surface area contributed by atoms with E-state index in [1.807, 2.05) is 58.1 Å². The number of halogens is 6. The summed E-state index contributed by atoms with van der Waals surface area (Å²) in [7, 11) is 0. The van der Waals surface area contributed by atoms with Gasteiger partial charge in [-0.3, -0.25) is 0 Å². The number of fused-ring (bicyclic) bond motifs is 1. The molecule has 296 valence electrons. The van der Waals surface area contributed by atoms with Crippen LogP contribution in [-0.2, 0) is 10.8 Å². The molecule has 0 unspecified atom stereocenters. The van der Waals surface area contributed by atoms with Gasteiger partial charge in [0.25, 0.3) is 0 Å². The number of hydrogen-bond acceptors (Lipinski definition) is 3. The highest BCUT2D eigenvalue weighted by atomic mass is 19.4. The van der Waals surface area contributed by atoms with Crippen LogP contribution in [0.4, 0.5) is 37.7 Å². The molecule has 4 nitrogen and oxygen atoms in total. The second kappa shape index (κ2) is 17.3. The van der Waals surface area contributed by atoms with Crippen LogP contribution >= 0.6 is 0 Å². The Morgan fingerprint density at radius 1 is 0.796 bits per heavy atom. The van der Waals surface area contributed by atoms with Crippen molar-refractivity contribution in [1.29, 1.82) is 0 Å². The van der Waals surface area contributed by atoms with Crippen molar-refractivity contribution in [2.75, 3.05) is 18.0 Å². The van der Waals surface area contributed by atoms with Gasteiger partial charge in [-0.05, 0) is 71.4 Å². The number of allylic oxidation sites excluding steroid dienone is 7. The van der Waals surface area contributed by atoms with Crippen LogP contribution < -0.4 is 14.4 Å². The molecule has 1 aliphatic heterocycles. The highest BCUT2D eigenvalue weighted by Crippen LogP contribution is 2.50. The summed E-state index contributed by atoms with van der Waals surface area (Å²) in [5.74, 6) is 0.711. The summed E-state index contributed by atoms with van der Waals surface area (Å²) in [6.07, 6.45) is 14.0. The number of anilines is 1. The van der Waals surface area contributed by atoms with Gasteiger partial charge in [0.1, 0.15) is 11.5 Å². The van der Waals surface area contributed by atoms with Crippen LogP contribution in [0.1, 0.15) is 116 Å². The standard InChI is InChI=1S/C44H55F6N2O2/c1-31(41(2,3)36-29-34(53-43(45,46)47)21-23-38(36)51-27-25-32-16-10-7-11-17-32)15-9-6-14-20-40-42(4,5)37-30-35(54-44(48,49)50)22-24-39(37)52(40)28-26-33-18-12-8-13-19-33/h6,9,14-15,20-24,29-30,32-33H,1,7-8,10-13,16-19,25-28H2,2-5H3/q-1/b14-6+,15-9+,40-20+. The first-order valence-corrected chi connectivity index (χ1v) is 19.4. The number of ether oxygens (including phenoxy) is 2. The molecule has 0 saturated heterocycles. The Morgan fingerprint density at radius 3 is 1.98 bits per heavy atom. The molecule has 0 aromatic heterocycles. The zero-order valence-electron chi connectivity index (χ0n) is 32.1. The molecule has 2 aliphatic carbocycles. The van der Waals surface area contributed by atoms with Gasteiger partial charge in [0.05, 0.1) is 0 Å². The quantitative estimate of drug-likeness (QED) is 0.142. The first-order valence-electron chi connectivity index (χ1n) is 19.4. The van der Waals surface area contributed by atoms with E-state index in [2.05, 4.69) is 21.0 Å². The Morgan fingerprint density at radius 2 is 1.37 bits per heavy atom. The summed E-state index contributed by atoms with van der Waals surface area (Å²) in [6, 6.07) is 8.93. The number of alkyl halides is 6. The number of benzene rings is 2. The largest absolute Gasteiger partial charge is 0.684 e. The minimum absolute atomic E-state index is 0.238. The van der Waals surface area contributed by atoms with Gasteiger partial charge in [0, 0.05) is 28.8 Å². The van der Waals surface area contributed by atoms with Gasteiger partial charge >= 0.3 is 12.7 Å². The summed E-state index contributed by atoms with van der Waals surface area (Å²) in [5.41, 5.74) is 3.16. The summed E-state index contributed by atoms with van der Waals surface area (Å²) in [4.78, 5) is 2.23. The first kappa shape index (κ1) is 41.3. The third-order valence-electron chi connectivity index (χ3n) is 11.6. The Bertz CT molecular complexity index is 1670. The molecular weight excluding hydrogens is 702 g/mol. The van der Waals surface area contributed by atoms with E-state index in [9.17, 15) is 26.3 Å². The smallest absolute Gasteiger partial charge is 0.573 e. The van der Waals surface area contributed by atoms with Crippen LogP contribution in [0.2, 0.25) is 0 Å². The van der Waals surface area contributed by atoms with Crippen molar-refractivity contribution in [1.82, 2.24) is 0 Å². The van der Waals surface area contributed by atoms with Crippen LogP contribution in [0.25, 0.3) is 5.32 Å².